The molecule has 2 aromatic heterocycles. The molecule has 0 aliphatic carbocycles. The van der Waals surface area contributed by atoms with Gasteiger partial charge in [0.1, 0.15) is 5.82 Å². The lowest BCUT2D eigenvalue weighted by atomic mass is 9.91. The standard InChI is InChI=1S/C23H24N4O/c1-25-14-19-20(15-25)22(23-24-9-12-27(23)16-21(19)28)18-7-10-26(11-8-18)13-17-5-3-2-4-6-17/h2-6,9,12,14-15H,7-8,10-11,13,16H2,1H3. The summed E-state index contributed by atoms with van der Waals surface area (Å²) in [7, 11) is 1.99. The molecule has 142 valence electrons. The van der Waals surface area contributed by atoms with E-state index in [0.717, 1.165) is 49.4 Å². The van der Waals surface area contributed by atoms with Gasteiger partial charge in [0.25, 0.3) is 0 Å². The summed E-state index contributed by atoms with van der Waals surface area (Å²) in [6.45, 7) is 3.42. The molecular formula is C23H24N4O. The second-order valence-electron chi connectivity index (χ2n) is 7.79. The number of carbonyl (C=O) groups excluding carboxylic acids is 1. The zero-order valence-electron chi connectivity index (χ0n) is 16.1. The third kappa shape index (κ3) is 3.02. The second-order valence-corrected chi connectivity index (χ2v) is 7.79. The van der Waals surface area contributed by atoms with Crippen LogP contribution in [0.15, 0.2) is 60.7 Å². The topological polar surface area (TPSA) is 43.1 Å². The molecule has 28 heavy (non-hydrogen) atoms. The lowest BCUT2D eigenvalue weighted by molar-refractivity contribution is 0.0973. The van der Waals surface area contributed by atoms with Gasteiger partial charge in [0, 0.05) is 68.2 Å². The van der Waals surface area contributed by atoms with Crippen molar-refractivity contribution < 1.29 is 4.79 Å². The number of rotatable bonds is 2. The van der Waals surface area contributed by atoms with E-state index >= 15 is 0 Å². The molecule has 0 radical (unpaired) electrons. The van der Waals surface area contributed by atoms with E-state index in [0.29, 0.717) is 6.54 Å². The molecule has 4 heterocycles. The van der Waals surface area contributed by atoms with Crippen molar-refractivity contribution in [2.24, 2.45) is 7.05 Å². The monoisotopic (exact) mass is 372 g/mol. The molecule has 5 nitrogen and oxygen atoms in total. The number of hydrogen-bond donors (Lipinski definition) is 0. The van der Waals surface area contributed by atoms with Gasteiger partial charge in [-0.05, 0) is 18.4 Å². The summed E-state index contributed by atoms with van der Waals surface area (Å²) in [4.78, 5) is 19.9. The van der Waals surface area contributed by atoms with E-state index < -0.39 is 0 Å². The third-order valence-electron chi connectivity index (χ3n) is 5.84. The van der Waals surface area contributed by atoms with Crippen LogP contribution in [0.3, 0.4) is 0 Å². The highest BCUT2D eigenvalue weighted by Gasteiger charge is 2.29. The molecule has 1 aromatic carbocycles. The zero-order valence-corrected chi connectivity index (χ0v) is 16.1. The van der Waals surface area contributed by atoms with E-state index in [2.05, 4.69) is 46.4 Å². The molecule has 3 aromatic rings. The Morgan fingerprint density at radius 3 is 2.57 bits per heavy atom. The summed E-state index contributed by atoms with van der Waals surface area (Å²) >= 11 is 0. The van der Waals surface area contributed by atoms with Gasteiger partial charge in [-0.25, -0.2) is 4.98 Å². The first-order valence-electron chi connectivity index (χ1n) is 9.88. The van der Waals surface area contributed by atoms with Crippen LogP contribution in [0.25, 0.3) is 5.57 Å². The van der Waals surface area contributed by atoms with Gasteiger partial charge in [-0.2, -0.15) is 0 Å². The molecule has 0 bridgehead atoms. The molecule has 2 aliphatic rings. The molecule has 0 saturated carbocycles. The minimum atomic E-state index is 0.159. The molecule has 0 N–H and O–H groups in total. The molecule has 0 unspecified atom stereocenters. The van der Waals surface area contributed by atoms with E-state index in [4.69, 9.17) is 0 Å². The average molecular weight is 372 g/mol. The number of piperidine rings is 1. The fourth-order valence-electron chi connectivity index (χ4n) is 4.45. The van der Waals surface area contributed by atoms with Crippen molar-refractivity contribution in [2.45, 2.75) is 25.9 Å². The summed E-state index contributed by atoms with van der Waals surface area (Å²) in [6, 6.07) is 10.7. The molecule has 1 fully saturated rings. The maximum absolute atomic E-state index is 12.8. The van der Waals surface area contributed by atoms with Crippen molar-refractivity contribution in [1.82, 2.24) is 19.0 Å². The number of carbonyl (C=O) groups is 1. The molecule has 0 amide bonds. The highest BCUT2D eigenvalue weighted by molar-refractivity contribution is 6.03. The number of fused-ring (bicyclic) bond motifs is 2. The number of Topliss-reactive ketones (excluding diaryl/α,β-unsaturated/α-hetero) is 1. The first-order valence-corrected chi connectivity index (χ1v) is 9.88. The van der Waals surface area contributed by atoms with Crippen molar-refractivity contribution >= 4 is 11.4 Å². The van der Waals surface area contributed by atoms with Crippen LogP contribution in [-0.2, 0) is 20.1 Å². The van der Waals surface area contributed by atoms with Crippen molar-refractivity contribution in [1.29, 1.82) is 0 Å². The Kier molecular flexibility index (Phi) is 4.24. The van der Waals surface area contributed by atoms with E-state index in [1.165, 1.54) is 16.7 Å². The number of benzene rings is 1. The first kappa shape index (κ1) is 17.2. The Morgan fingerprint density at radius 2 is 1.79 bits per heavy atom. The van der Waals surface area contributed by atoms with Gasteiger partial charge in [0.15, 0.2) is 5.78 Å². The maximum Gasteiger partial charge on any atom is 0.184 e. The molecule has 0 spiro atoms. The molecule has 5 heteroatoms. The second kappa shape index (κ2) is 6.91. The number of aromatic nitrogens is 3. The van der Waals surface area contributed by atoms with E-state index in [9.17, 15) is 4.79 Å². The van der Waals surface area contributed by atoms with Crippen molar-refractivity contribution in [3.05, 3.63) is 83.2 Å². The van der Waals surface area contributed by atoms with Crippen LogP contribution in [0.4, 0.5) is 0 Å². The van der Waals surface area contributed by atoms with E-state index in [1.54, 1.807) is 0 Å². The van der Waals surface area contributed by atoms with Gasteiger partial charge in [0.2, 0.25) is 0 Å². The number of hydrogen-bond acceptors (Lipinski definition) is 3. The van der Waals surface area contributed by atoms with Gasteiger partial charge < -0.3 is 9.13 Å². The Labute approximate surface area is 164 Å². The predicted molar refractivity (Wildman–Crippen MR) is 109 cm³/mol. The Hall–Kier alpha value is -2.92. The van der Waals surface area contributed by atoms with Gasteiger partial charge in [0.05, 0.1) is 6.54 Å². The minimum Gasteiger partial charge on any atom is -0.356 e. The predicted octanol–water partition coefficient (Wildman–Crippen LogP) is 3.52. The molecule has 5 rings (SSSR count). The average Bonchev–Trinajstić information content (AvgIpc) is 3.29. The third-order valence-corrected chi connectivity index (χ3v) is 5.84. The number of aryl methyl sites for hydroxylation is 1. The van der Waals surface area contributed by atoms with Crippen LogP contribution in [0.5, 0.6) is 0 Å². The van der Waals surface area contributed by atoms with Crippen LogP contribution in [0.2, 0.25) is 0 Å². The summed E-state index contributed by atoms with van der Waals surface area (Å²) in [5.41, 5.74) is 5.82. The Bertz CT molecular complexity index is 1050. The summed E-state index contributed by atoms with van der Waals surface area (Å²) in [5, 5.41) is 0. The van der Waals surface area contributed by atoms with E-state index in [1.807, 2.05) is 34.8 Å². The van der Waals surface area contributed by atoms with Crippen molar-refractivity contribution in [3.8, 4) is 0 Å². The van der Waals surface area contributed by atoms with Crippen LogP contribution >= 0.6 is 0 Å². The molecule has 0 atom stereocenters. The number of nitrogens with zero attached hydrogens (tertiary/aromatic N) is 4. The Balaban J connectivity index is 1.48. The fraction of sp³-hybridized carbons (Fsp3) is 0.304. The highest BCUT2D eigenvalue weighted by atomic mass is 16.1. The highest BCUT2D eigenvalue weighted by Crippen LogP contribution is 2.36. The van der Waals surface area contributed by atoms with Crippen LogP contribution in [0.1, 0.15) is 40.2 Å². The van der Waals surface area contributed by atoms with Crippen LogP contribution in [-0.4, -0.2) is 37.9 Å². The van der Waals surface area contributed by atoms with E-state index in [-0.39, 0.29) is 5.78 Å². The summed E-state index contributed by atoms with van der Waals surface area (Å²) < 4.78 is 3.99. The SMILES string of the molecule is Cn1cc2c(c1)C(=C1CCN(Cc3ccccc3)CC1)c1nccn1CC2=O. The number of ketones is 1. The summed E-state index contributed by atoms with van der Waals surface area (Å²) in [6.07, 6.45) is 9.78. The smallest absolute Gasteiger partial charge is 0.184 e. The largest absolute Gasteiger partial charge is 0.356 e. The first-order chi connectivity index (χ1) is 13.7. The van der Waals surface area contributed by atoms with Crippen molar-refractivity contribution in [3.63, 3.8) is 0 Å². The molecular weight excluding hydrogens is 348 g/mol. The number of imidazole rings is 1. The summed E-state index contributed by atoms with van der Waals surface area (Å²) in [5.74, 6) is 1.09. The normalized spacial score (nSPS) is 17.4. The maximum atomic E-state index is 12.8. The lowest BCUT2D eigenvalue weighted by Gasteiger charge is -2.29. The minimum absolute atomic E-state index is 0.159. The van der Waals surface area contributed by atoms with Gasteiger partial charge in [-0.3, -0.25) is 9.69 Å². The molecule has 2 aliphatic heterocycles. The van der Waals surface area contributed by atoms with Crippen LogP contribution < -0.4 is 0 Å². The van der Waals surface area contributed by atoms with Crippen LogP contribution in [0, 0.1) is 0 Å². The number of likely N-dealkylation sites (tertiary alicyclic amines) is 1. The Morgan fingerprint density at radius 1 is 1.04 bits per heavy atom. The quantitative estimate of drug-likeness (QED) is 0.691. The van der Waals surface area contributed by atoms with Gasteiger partial charge in [-0.1, -0.05) is 35.9 Å². The van der Waals surface area contributed by atoms with Gasteiger partial charge >= 0.3 is 0 Å². The van der Waals surface area contributed by atoms with Crippen molar-refractivity contribution in [2.75, 3.05) is 13.1 Å². The lowest BCUT2D eigenvalue weighted by Crippen LogP contribution is -2.30. The fourth-order valence-corrected chi connectivity index (χ4v) is 4.45. The van der Waals surface area contributed by atoms with Gasteiger partial charge in [-0.15, -0.1) is 0 Å². The molecule has 1 saturated heterocycles. The zero-order chi connectivity index (χ0) is 19.1.